The van der Waals surface area contributed by atoms with Gasteiger partial charge in [0, 0.05) is 30.5 Å². The Balaban J connectivity index is 2.22. The van der Waals surface area contributed by atoms with Crippen LogP contribution in [0.5, 0.6) is 0 Å². The number of hydrogen-bond acceptors (Lipinski definition) is 3. The van der Waals surface area contributed by atoms with E-state index in [0.717, 1.165) is 12.1 Å². The molecule has 0 spiro atoms. The molecule has 1 aromatic carbocycles. The zero-order chi connectivity index (χ0) is 17.3. The quantitative estimate of drug-likeness (QED) is 0.824. The molecule has 0 aliphatic carbocycles. The third-order valence-electron chi connectivity index (χ3n) is 3.72. The summed E-state index contributed by atoms with van der Waals surface area (Å²) in [6.07, 6.45) is -10.4. The van der Waals surface area contributed by atoms with Crippen LogP contribution in [0, 0.1) is 0 Å². The zero-order valence-corrected chi connectivity index (χ0v) is 11.8. The minimum Gasteiger partial charge on any atom is -0.382 e. The summed E-state index contributed by atoms with van der Waals surface area (Å²) in [5.74, 6) is 0. The first kappa shape index (κ1) is 17.9. The molecule has 23 heavy (non-hydrogen) atoms. The predicted octanol–water partition coefficient (Wildman–Crippen LogP) is 3.59. The zero-order valence-electron chi connectivity index (χ0n) is 11.8. The highest BCUT2D eigenvalue weighted by Gasteiger charge is 2.71. The van der Waals surface area contributed by atoms with Crippen LogP contribution in [-0.4, -0.2) is 36.7 Å². The maximum Gasteiger partial charge on any atom is 0.430 e. The van der Waals surface area contributed by atoms with Crippen LogP contribution >= 0.6 is 0 Å². The standard InChI is InChI=1S/C14H15F6NO2/c15-13(16,17)12(22,14(18,19)20)9-1-3-10(4-2-9)21-11-5-7-23-8-6-11/h1-4,11,21-22H,5-8H2. The van der Waals surface area contributed by atoms with Gasteiger partial charge in [-0.1, -0.05) is 12.1 Å². The van der Waals surface area contributed by atoms with Crippen molar-refractivity contribution in [2.75, 3.05) is 18.5 Å². The molecule has 1 aromatic rings. The van der Waals surface area contributed by atoms with Crippen molar-refractivity contribution in [3.8, 4) is 0 Å². The number of ether oxygens (including phenoxy) is 1. The largest absolute Gasteiger partial charge is 0.430 e. The molecule has 1 heterocycles. The van der Waals surface area contributed by atoms with E-state index in [9.17, 15) is 31.4 Å². The average Bonchev–Trinajstić information content (AvgIpc) is 2.46. The third kappa shape index (κ3) is 3.55. The monoisotopic (exact) mass is 343 g/mol. The predicted molar refractivity (Wildman–Crippen MR) is 69.9 cm³/mol. The summed E-state index contributed by atoms with van der Waals surface area (Å²) in [5.41, 5.74) is -5.78. The van der Waals surface area contributed by atoms with E-state index in [1.54, 1.807) is 0 Å². The molecule has 1 saturated heterocycles. The normalized spacial score (nSPS) is 18.0. The summed E-state index contributed by atoms with van der Waals surface area (Å²) in [6.45, 7) is 1.08. The van der Waals surface area contributed by atoms with Crippen LogP contribution < -0.4 is 5.32 Å². The topological polar surface area (TPSA) is 41.5 Å². The molecule has 0 amide bonds. The fourth-order valence-electron chi connectivity index (χ4n) is 2.37. The smallest absolute Gasteiger partial charge is 0.382 e. The lowest BCUT2D eigenvalue weighted by atomic mass is 9.92. The Morgan fingerprint density at radius 2 is 1.39 bits per heavy atom. The van der Waals surface area contributed by atoms with Crippen LogP contribution in [-0.2, 0) is 10.3 Å². The molecule has 1 aliphatic heterocycles. The van der Waals surface area contributed by atoms with E-state index in [2.05, 4.69) is 5.32 Å². The fourth-order valence-corrected chi connectivity index (χ4v) is 2.37. The van der Waals surface area contributed by atoms with E-state index in [4.69, 9.17) is 4.74 Å². The highest BCUT2D eigenvalue weighted by molar-refractivity contribution is 5.47. The van der Waals surface area contributed by atoms with Crippen LogP contribution in [0.4, 0.5) is 32.0 Å². The Morgan fingerprint density at radius 3 is 1.83 bits per heavy atom. The van der Waals surface area contributed by atoms with Gasteiger partial charge < -0.3 is 15.2 Å². The summed E-state index contributed by atoms with van der Waals surface area (Å²) in [5, 5.41) is 12.3. The SMILES string of the molecule is OC(c1ccc(NC2CCOCC2)cc1)(C(F)(F)F)C(F)(F)F. The van der Waals surface area contributed by atoms with Gasteiger partial charge in [-0.3, -0.25) is 0 Å². The van der Waals surface area contributed by atoms with Crippen LogP contribution in [0.2, 0.25) is 0 Å². The number of rotatable bonds is 3. The van der Waals surface area contributed by atoms with E-state index >= 15 is 0 Å². The van der Waals surface area contributed by atoms with E-state index in [1.165, 1.54) is 0 Å². The molecular formula is C14H15F6NO2. The van der Waals surface area contributed by atoms with Gasteiger partial charge in [0.05, 0.1) is 0 Å². The Labute approximate surface area is 128 Å². The van der Waals surface area contributed by atoms with Crippen LogP contribution in [0.3, 0.4) is 0 Å². The molecule has 1 aliphatic rings. The molecule has 1 fully saturated rings. The second-order valence-electron chi connectivity index (χ2n) is 5.31. The van der Waals surface area contributed by atoms with Gasteiger partial charge in [-0.15, -0.1) is 0 Å². The first-order chi connectivity index (χ1) is 10.6. The lowest BCUT2D eigenvalue weighted by Crippen LogP contribution is -2.53. The lowest BCUT2D eigenvalue weighted by Gasteiger charge is -2.32. The van der Waals surface area contributed by atoms with Crippen molar-refractivity contribution in [2.45, 2.75) is 36.8 Å². The van der Waals surface area contributed by atoms with E-state index in [-0.39, 0.29) is 6.04 Å². The van der Waals surface area contributed by atoms with E-state index in [0.29, 0.717) is 43.9 Å². The molecule has 2 N–H and O–H groups in total. The molecular weight excluding hydrogens is 328 g/mol. The minimum absolute atomic E-state index is 0.0405. The first-order valence-corrected chi connectivity index (χ1v) is 6.86. The van der Waals surface area contributed by atoms with E-state index in [1.807, 2.05) is 0 Å². The summed E-state index contributed by atoms with van der Waals surface area (Å²) < 4.78 is 81.7. The van der Waals surface area contributed by atoms with Crippen molar-refractivity contribution >= 4 is 5.69 Å². The Kier molecular flexibility index (Phi) is 4.81. The number of aliphatic hydroxyl groups is 1. The number of nitrogens with one attached hydrogen (secondary N) is 1. The number of alkyl halides is 6. The molecule has 130 valence electrons. The van der Waals surface area contributed by atoms with Crippen molar-refractivity contribution < 1.29 is 36.2 Å². The van der Waals surface area contributed by atoms with Crippen LogP contribution in [0.25, 0.3) is 0 Å². The van der Waals surface area contributed by atoms with Gasteiger partial charge in [-0.2, -0.15) is 26.3 Å². The second kappa shape index (κ2) is 6.20. The molecule has 0 aromatic heterocycles. The molecule has 0 bridgehead atoms. The highest BCUT2D eigenvalue weighted by Crippen LogP contribution is 2.50. The molecule has 0 saturated carbocycles. The summed E-state index contributed by atoms with van der Waals surface area (Å²) >= 11 is 0. The van der Waals surface area contributed by atoms with Crippen LogP contribution in [0.15, 0.2) is 24.3 Å². The van der Waals surface area contributed by atoms with Crippen LogP contribution in [0.1, 0.15) is 18.4 Å². The average molecular weight is 343 g/mol. The highest BCUT2D eigenvalue weighted by atomic mass is 19.4. The van der Waals surface area contributed by atoms with E-state index < -0.39 is 23.5 Å². The molecule has 3 nitrogen and oxygen atoms in total. The van der Waals surface area contributed by atoms with Gasteiger partial charge in [0.1, 0.15) is 0 Å². The van der Waals surface area contributed by atoms with Gasteiger partial charge in [0.15, 0.2) is 0 Å². The lowest BCUT2D eigenvalue weighted by molar-refractivity contribution is -0.376. The molecule has 2 rings (SSSR count). The molecule has 9 heteroatoms. The number of anilines is 1. The maximum atomic E-state index is 12.8. The van der Waals surface area contributed by atoms with Gasteiger partial charge in [-0.25, -0.2) is 0 Å². The number of benzene rings is 1. The summed E-state index contributed by atoms with van der Waals surface area (Å²) in [4.78, 5) is 0. The van der Waals surface area contributed by atoms with Crippen molar-refractivity contribution in [3.63, 3.8) is 0 Å². The number of hydrogen-bond donors (Lipinski definition) is 2. The molecule has 0 unspecified atom stereocenters. The second-order valence-corrected chi connectivity index (χ2v) is 5.31. The third-order valence-corrected chi connectivity index (χ3v) is 3.72. The van der Waals surface area contributed by atoms with Crippen molar-refractivity contribution in [1.29, 1.82) is 0 Å². The fraction of sp³-hybridized carbons (Fsp3) is 0.571. The first-order valence-electron chi connectivity index (χ1n) is 6.86. The molecule has 0 atom stereocenters. The van der Waals surface area contributed by atoms with Gasteiger partial charge in [0.2, 0.25) is 0 Å². The summed E-state index contributed by atoms with van der Waals surface area (Å²) in [6, 6.07) is 3.48. The number of halogens is 6. The van der Waals surface area contributed by atoms with Crippen molar-refractivity contribution in [2.24, 2.45) is 0 Å². The van der Waals surface area contributed by atoms with Gasteiger partial charge >= 0.3 is 12.4 Å². The van der Waals surface area contributed by atoms with Gasteiger partial charge in [0.25, 0.3) is 5.60 Å². The maximum absolute atomic E-state index is 12.8. The Bertz CT molecular complexity index is 506. The minimum atomic E-state index is -5.87. The van der Waals surface area contributed by atoms with Crippen molar-refractivity contribution in [3.05, 3.63) is 29.8 Å². The van der Waals surface area contributed by atoms with Gasteiger partial charge in [-0.05, 0) is 25.0 Å². The Morgan fingerprint density at radius 1 is 0.913 bits per heavy atom. The Hall–Kier alpha value is -1.48. The molecule has 0 radical (unpaired) electrons. The van der Waals surface area contributed by atoms with Crippen molar-refractivity contribution in [1.82, 2.24) is 0 Å². The summed E-state index contributed by atoms with van der Waals surface area (Å²) in [7, 11) is 0.